The molecule has 0 saturated carbocycles. The molecule has 2 heterocycles. The molecule has 1 fully saturated rings. The molecule has 0 atom stereocenters. The maximum atomic E-state index is 12.7. The number of likely N-dealkylation sites (tertiary alicyclic amines) is 1. The minimum Gasteiger partial charge on any atom is -0.408 e. The average Bonchev–Trinajstić information content (AvgIpc) is 2.97. The molecule has 4 rings (SSSR count). The Kier molecular flexibility index (Phi) is 4.66. The number of carbonyl (C=O) groups is 1. The molecule has 134 valence electrons. The first kappa shape index (κ1) is 17.1. The zero-order valence-corrected chi connectivity index (χ0v) is 15.0. The predicted molar refractivity (Wildman–Crippen MR) is 101 cm³/mol. The van der Waals surface area contributed by atoms with Crippen molar-refractivity contribution in [3.63, 3.8) is 0 Å². The first-order valence-electron chi connectivity index (χ1n) is 8.78. The summed E-state index contributed by atoms with van der Waals surface area (Å²) in [5.41, 5.74) is 2.01. The lowest BCUT2D eigenvalue weighted by atomic mass is 10.0. The van der Waals surface area contributed by atoms with Crippen LogP contribution in [0, 0.1) is 0 Å². The first-order chi connectivity index (χ1) is 12.6. The molecule has 0 radical (unpaired) electrons. The number of rotatable bonds is 4. The summed E-state index contributed by atoms with van der Waals surface area (Å²) in [5.74, 6) is -0.586. The van der Waals surface area contributed by atoms with Gasteiger partial charge in [0.25, 0.3) is 0 Å². The van der Waals surface area contributed by atoms with Crippen LogP contribution in [0.15, 0.2) is 51.7 Å². The molecule has 1 aliphatic rings. The van der Waals surface area contributed by atoms with Crippen LogP contribution in [0.3, 0.4) is 0 Å². The van der Waals surface area contributed by atoms with Crippen molar-refractivity contribution in [2.45, 2.75) is 25.9 Å². The SMILES string of the molecule is O=C(c1ccc2c(c1)oc(=O)n2CN1CCCCC1)c1ccccc1Cl. The molecule has 0 unspecified atom stereocenters. The molecule has 0 amide bonds. The molecule has 0 bridgehead atoms. The summed E-state index contributed by atoms with van der Waals surface area (Å²) in [6.07, 6.45) is 3.55. The predicted octanol–water partition coefficient (Wildman–Crippen LogP) is 3.92. The molecule has 1 saturated heterocycles. The summed E-state index contributed by atoms with van der Waals surface area (Å²) in [6.45, 7) is 2.49. The highest BCUT2D eigenvalue weighted by Crippen LogP contribution is 2.22. The monoisotopic (exact) mass is 370 g/mol. The topological polar surface area (TPSA) is 55.5 Å². The Morgan fingerprint density at radius 1 is 1.08 bits per heavy atom. The van der Waals surface area contributed by atoms with Gasteiger partial charge < -0.3 is 4.42 Å². The van der Waals surface area contributed by atoms with E-state index >= 15 is 0 Å². The number of hydrogen-bond donors (Lipinski definition) is 0. The van der Waals surface area contributed by atoms with Gasteiger partial charge in [0.1, 0.15) is 0 Å². The summed E-state index contributed by atoms with van der Waals surface area (Å²) < 4.78 is 7.02. The van der Waals surface area contributed by atoms with Gasteiger partial charge in [0, 0.05) is 11.1 Å². The lowest BCUT2D eigenvalue weighted by Crippen LogP contribution is -2.34. The Morgan fingerprint density at radius 3 is 2.62 bits per heavy atom. The van der Waals surface area contributed by atoms with E-state index in [1.807, 2.05) is 0 Å². The molecule has 0 spiro atoms. The van der Waals surface area contributed by atoms with E-state index in [0.717, 1.165) is 25.9 Å². The van der Waals surface area contributed by atoms with Crippen molar-refractivity contribution in [3.8, 4) is 0 Å². The molecule has 3 aromatic rings. The summed E-state index contributed by atoms with van der Waals surface area (Å²) in [7, 11) is 0. The van der Waals surface area contributed by atoms with Gasteiger partial charge in [-0.05, 0) is 56.3 Å². The van der Waals surface area contributed by atoms with E-state index in [-0.39, 0.29) is 5.78 Å². The van der Waals surface area contributed by atoms with Gasteiger partial charge in [-0.2, -0.15) is 0 Å². The number of ketones is 1. The van der Waals surface area contributed by atoms with Crippen molar-refractivity contribution in [1.82, 2.24) is 9.47 Å². The second-order valence-electron chi connectivity index (χ2n) is 6.61. The number of benzene rings is 2. The van der Waals surface area contributed by atoms with E-state index in [9.17, 15) is 9.59 Å². The maximum Gasteiger partial charge on any atom is 0.421 e. The van der Waals surface area contributed by atoms with Gasteiger partial charge in [0.2, 0.25) is 0 Å². The van der Waals surface area contributed by atoms with Crippen molar-refractivity contribution in [2.75, 3.05) is 13.1 Å². The van der Waals surface area contributed by atoms with Gasteiger partial charge in [-0.3, -0.25) is 14.3 Å². The second kappa shape index (κ2) is 7.09. The van der Waals surface area contributed by atoms with Crippen molar-refractivity contribution >= 4 is 28.5 Å². The molecule has 1 aliphatic heterocycles. The molecule has 0 aliphatic carbocycles. The smallest absolute Gasteiger partial charge is 0.408 e. The highest BCUT2D eigenvalue weighted by molar-refractivity contribution is 6.35. The number of piperidine rings is 1. The Balaban J connectivity index is 1.67. The van der Waals surface area contributed by atoms with Crippen molar-refractivity contribution in [2.24, 2.45) is 0 Å². The van der Waals surface area contributed by atoms with Crippen LogP contribution in [-0.4, -0.2) is 28.3 Å². The summed E-state index contributed by atoms with van der Waals surface area (Å²) in [6, 6.07) is 12.0. The van der Waals surface area contributed by atoms with E-state index < -0.39 is 5.76 Å². The molecular weight excluding hydrogens is 352 g/mol. The third kappa shape index (κ3) is 3.20. The number of fused-ring (bicyclic) bond motifs is 1. The van der Waals surface area contributed by atoms with Gasteiger partial charge in [-0.1, -0.05) is 30.2 Å². The van der Waals surface area contributed by atoms with Crippen LogP contribution in [0.25, 0.3) is 11.1 Å². The van der Waals surface area contributed by atoms with Gasteiger partial charge in [0.05, 0.1) is 17.2 Å². The number of nitrogens with zero attached hydrogens (tertiary/aromatic N) is 2. The Hall–Kier alpha value is -2.37. The largest absolute Gasteiger partial charge is 0.421 e. The van der Waals surface area contributed by atoms with Gasteiger partial charge in [0.15, 0.2) is 11.4 Å². The lowest BCUT2D eigenvalue weighted by molar-refractivity contribution is 0.103. The number of carbonyl (C=O) groups excluding carboxylic acids is 1. The summed E-state index contributed by atoms with van der Waals surface area (Å²) in [4.78, 5) is 27.2. The van der Waals surface area contributed by atoms with E-state index in [1.54, 1.807) is 47.0 Å². The highest BCUT2D eigenvalue weighted by atomic mass is 35.5. The van der Waals surface area contributed by atoms with E-state index in [1.165, 1.54) is 6.42 Å². The fraction of sp³-hybridized carbons (Fsp3) is 0.300. The Labute approximate surface area is 155 Å². The zero-order chi connectivity index (χ0) is 18.1. The molecule has 2 aromatic carbocycles. The standard InChI is InChI=1S/C20H19ClN2O3/c21-16-7-3-2-6-15(16)19(24)14-8-9-17-18(12-14)26-20(25)23(17)13-22-10-4-1-5-11-22/h2-3,6-9,12H,1,4-5,10-11,13H2. The van der Waals surface area contributed by atoms with Crippen LogP contribution in [0.5, 0.6) is 0 Å². The van der Waals surface area contributed by atoms with Crippen molar-refractivity contribution in [1.29, 1.82) is 0 Å². The Morgan fingerprint density at radius 2 is 1.85 bits per heavy atom. The summed E-state index contributed by atoms with van der Waals surface area (Å²) >= 11 is 6.12. The third-order valence-electron chi connectivity index (χ3n) is 4.84. The number of hydrogen-bond acceptors (Lipinski definition) is 4. The van der Waals surface area contributed by atoms with Crippen LogP contribution in [0.4, 0.5) is 0 Å². The van der Waals surface area contributed by atoms with Gasteiger partial charge in [-0.25, -0.2) is 4.79 Å². The van der Waals surface area contributed by atoms with Gasteiger partial charge in [-0.15, -0.1) is 0 Å². The number of halogens is 1. The molecule has 26 heavy (non-hydrogen) atoms. The Bertz CT molecular complexity index is 1020. The minimum absolute atomic E-state index is 0.191. The van der Waals surface area contributed by atoms with Gasteiger partial charge >= 0.3 is 5.76 Å². The first-order valence-corrected chi connectivity index (χ1v) is 9.16. The van der Waals surface area contributed by atoms with Crippen LogP contribution >= 0.6 is 11.6 Å². The van der Waals surface area contributed by atoms with E-state index in [2.05, 4.69) is 4.90 Å². The van der Waals surface area contributed by atoms with E-state index in [0.29, 0.717) is 33.9 Å². The molecule has 0 N–H and O–H groups in total. The van der Waals surface area contributed by atoms with Crippen molar-refractivity contribution < 1.29 is 9.21 Å². The maximum absolute atomic E-state index is 12.7. The number of aromatic nitrogens is 1. The normalized spacial score (nSPS) is 15.4. The summed E-state index contributed by atoms with van der Waals surface area (Å²) in [5, 5.41) is 0.404. The van der Waals surface area contributed by atoms with Crippen LogP contribution in [-0.2, 0) is 6.67 Å². The third-order valence-corrected chi connectivity index (χ3v) is 5.17. The van der Waals surface area contributed by atoms with E-state index in [4.69, 9.17) is 16.0 Å². The zero-order valence-electron chi connectivity index (χ0n) is 14.3. The fourth-order valence-corrected chi connectivity index (χ4v) is 3.66. The second-order valence-corrected chi connectivity index (χ2v) is 7.01. The molecule has 6 heteroatoms. The van der Waals surface area contributed by atoms with Crippen molar-refractivity contribution in [3.05, 3.63) is 69.2 Å². The van der Waals surface area contributed by atoms with Crippen LogP contribution in [0.1, 0.15) is 35.2 Å². The quantitative estimate of drug-likeness (QED) is 0.653. The molecular formula is C20H19ClN2O3. The average molecular weight is 371 g/mol. The van der Waals surface area contributed by atoms with Crippen LogP contribution < -0.4 is 5.76 Å². The number of oxazole rings is 1. The van der Waals surface area contributed by atoms with Crippen LogP contribution in [0.2, 0.25) is 5.02 Å². The highest BCUT2D eigenvalue weighted by Gasteiger charge is 2.18. The lowest BCUT2D eigenvalue weighted by Gasteiger charge is -2.26. The molecule has 5 nitrogen and oxygen atoms in total. The molecule has 1 aromatic heterocycles. The fourth-order valence-electron chi connectivity index (χ4n) is 3.44. The minimum atomic E-state index is -0.395.